The molecule has 1 aliphatic rings. The monoisotopic (exact) mass is 255 g/mol. The Balaban J connectivity index is 3.06. The molecule has 92 valence electrons. The zero-order valence-electron chi connectivity index (χ0n) is 9.91. The molecule has 0 unspecified atom stereocenters. The molecule has 1 N–H and O–H groups in total. The molecule has 0 radical (unpaired) electrons. The first-order valence-corrected chi connectivity index (χ1v) is 6.93. The van der Waals surface area contributed by atoms with E-state index in [-0.39, 0.29) is 0 Å². The third-order valence-corrected chi connectivity index (χ3v) is 4.20. The number of diazo groups is 1. The van der Waals surface area contributed by atoms with Crippen molar-refractivity contribution in [3.05, 3.63) is 41.1 Å². The number of hydrogen-bond acceptors (Lipinski definition) is 4. The average molecular weight is 255 g/mol. The molecule has 0 amide bonds. The van der Waals surface area contributed by atoms with Gasteiger partial charge in [-0.1, -0.05) is 0 Å². The first-order chi connectivity index (χ1) is 8.16. The lowest BCUT2D eigenvalue weighted by Crippen LogP contribution is -2.05. The highest BCUT2D eigenvalue weighted by Crippen LogP contribution is 2.48. The smallest absolute Gasteiger partial charge is 0.332 e. The molecular weight excluding hydrogens is 239 g/mol. The van der Waals surface area contributed by atoms with E-state index in [1.807, 2.05) is 0 Å². The summed E-state index contributed by atoms with van der Waals surface area (Å²) < 4.78 is 10.6. The minimum Gasteiger partial charge on any atom is -0.332 e. The van der Waals surface area contributed by atoms with Gasteiger partial charge in [0.2, 0.25) is 5.39 Å². The zero-order chi connectivity index (χ0) is 12.7. The largest absolute Gasteiger partial charge is 0.357 e. The van der Waals surface area contributed by atoms with Crippen LogP contribution in [0.2, 0.25) is 0 Å². The molecular formula is C11H16N2O3P+. The molecule has 0 heterocycles. The Labute approximate surface area is 101 Å². The predicted molar refractivity (Wildman–Crippen MR) is 68.8 cm³/mol. The van der Waals surface area contributed by atoms with Crippen molar-refractivity contribution in [3.63, 3.8) is 0 Å². The van der Waals surface area contributed by atoms with E-state index in [1.165, 1.54) is 6.20 Å². The molecule has 0 aromatic carbocycles. The lowest BCUT2D eigenvalue weighted by atomic mass is 10.1. The van der Waals surface area contributed by atoms with Crippen LogP contribution in [-0.4, -0.2) is 23.4 Å². The topological polar surface area (TPSA) is 66.8 Å². The van der Waals surface area contributed by atoms with Gasteiger partial charge in [-0.25, -0.2) is 0 Å². The molecule has 0 spiro atoms. The van der Waals surface area contributed by atoms with Gasteiger partial charge in [-0.2, -0.15) is 0 Å². The van der Waals surface area contributed by atoms with E-state index in [1.54, 1.807) is 38.2 Å². The van der Waals surface area contributed by atoms with Crippen molar-refractivity contribution in [2.24, 2.45) is 0 Å². The average Bonchev–Trinajstić information content (AvgIpc) is 2.31. The summed E-state index contributed by atoms with van der Waals surface area (Å²) in [5.41, 5.74) is 0.732. The van der Waals surface area contributed by atoms with E-state index in [2.05, 4.69) is 4.98 Å². The van der Waals surface area contributed by atoms with E-state index in [0.29, 0.717) is 18.5 Å². The molecule has 5 nitrogen and oxygen atoms in total. The molecule has 0 atom stereocenters. The van der Waals surface area contributed by atoms with Crippen molar-refractivity contribution in [2.75, 3.05) is 13.2 Å². The summed E-state index contributed by atoms with van der Waals surface area (Å²) in [7, 11) is -2.97. The second-order valence-electron chi connectivity index (χ2n) is 3.19. The SMILES string of the molecule is CCOP(O)(OCC)=C1C=CC(=C[N+]#N)C=C1. The van der Waals surface area contributed by atoms with Gasteiger partial charge in [-0.15, -0.1) is 0 Å². The van der Waals surface area contributed by atoms with Gasteiger partial charge in [-0.05, 0) is 38.2 Å². The Morgan fingerprint density at radius 3 is 2.18 bits per heavy atom. The van der Waals surface area contributed by atoms with Crippen molar-refractivity contribution in [1.82, 2.24) is 0 Å². The summed E-state index contributed by atoms with van der Waals surface area (Å²) in [5.74, 6) is 0. The summed E-state index contributed by atoms with van der Waals surface area (Å²) in [6, 6.07) is 0. The highest BCUT2D eigenvalue weighted by molar-refractivity contribution is 7.62. The summed E-state index contributed by atoms with van der Waals surface area (Å²) in [6.07, 6.45) is 8.16. The van der Waals surface area contributed by atoms with Gasteiger partial charge in [-0.3, -0.25) is 0 Å². The van der Waals surface area contributed by atoms with E-state index >= 15 is 0 Å². The maximum Gasteiger partial charge on any atom is 0.357 e. The fourth-order valence-electron chi connectivity index (χ4n) is 1.35. The summed E-state index contributed by atoms with van der Waals surface area (Å²) in [5, 5.41) is 9.00. The van der Waals surface area contributed by atoms with E-state index < -0.39 is 7.57 Å². The van der Waals surface area contributed by atoms with Crippen molar-refractivity contribution >= 4 is 12.9 Å². The number of allylic oxidation sites excluding steroid dienone is 5. The van der Waals surface area contributed by atoms with Gasteiger partial charge in [0, 0.05) is 5.29 Å². The molecule has 1 rings (SSSR count). The van der Waals surface area contributed by atoms with Crippen LogP contribution >= 0.6 is 7.57 Å². The van der Waals surface area contributed by atoms with Gasteiger partial charge < -0.3 is 13.9 Å². The van der Waals surface area contributed by atoms with Gasteiger partial charge >= 0.3 is 6.20 Å². The van der Waals surface area contributed by atoms with Crippen molar-refractivity contribution in [3.8, 4) is 0 Å². The van der Waals surface area contributed by atoms with Crippen LogP contribution < -0.4 is 0 Å². The van der Waals surface area contributed by atoms with Gasteiger partial charge in [0.05, 0.1) is 18.8 Å². The van der Waals surface area contributed by atoms with Gasteiger partial charge in [0.15, 0.2) is 4.98 Å². The van der Waals surface area contributed by atoms with Crippen LogP contribution in [0.5, 0.6) is 0 Å². The third-order valence-electron chi connectivity index (χ3n) is 2.03. The Morgan fingerprint density at radius 1 is 1.24 bits per heavy atom. The van der Waals surface area contributed by atoms with Gasteiger partial charge in [0.1, 0.15) is 0 Å². The molecule has 0 saturated carbocycles. The van der Waals surface area contributed by atoms with Crippen LogP contribution in [0, 0.1) is 5.39 Å². The number of hydrogen-bond donors (Lipinski definition) is 1. The van der Waals surface area contributed by atoms with Crippen LogP contribution in [0.15, 0.2) is 36.1 Å². The summed E-state index contributed by atoms with van der Waals surface area (Å²) in [4.78, 5) is 13.2. The van der Waals surface area contributed by atoms with Crippen LogP contribution in [0.3, 0.4) is 0 Å². The summed E-state index contributed by atoms with van der Waals surface area (Å²) >= 11 is 0. The van der Waals surface area contributed by atoms with Crippen LogP contribution in [0.1, 0.15) is 13.8 Å². The summed E-state index contributed by atoms with van der Waals surface area (Å²) in [6.45, 7) is 4.36. The molecule has 6 heteroatoms. The standard InChI is InChI=1S/C11H16N2O3P/c1-3-15-17(14,16-4-2)11-7-5-10(6-8-11)9-13-12/h5-9,14H,3-4H2,1-2H3/q+1. The molecule has 0 aromatic rings. The van der Waals surface area contributed by atoms with Crippen LogP contribution in [0.4, 0.5) is 0 Å². The maximum atomic E-state index is 10.3. The van der Waals surface area contributed by atoms with E-state index in [4.69, 9.17) is 14.4 Å². The van der Waals surface area contributed by atoms with Crippen molar-refractivity contribution < 1.29 is 13.9 Å². The lowest BCUT2D eigenvalue weighted by Gasteiger charge is -2.21. The second kappa shape index (κ2) is 6.53. The highest BCUT2D eigenvalue weighted by atomic mass is 31.2. The fraction of sp³-hybridized carbons (Fsp3) is 0.364. The lowest BCUT2D eigenvalue weighted by molar-refractivity contribution is 0.210. The number of nitrogens with zero attached hydrogens (tertiary/aromatic N) is 2. The Morgan fingerprint density at radius 2 is 1.76 bits per heavy atom. The number of rotatable bonds is 4. The minimum absolute atomic E-state index is 0.379. The third kappa shape index (κ3) is 3.65. The molecule has 0 aromatic heterocycles. The first kappa shape index (κ1) is 13.9. The molecule has 1 aliphatic carbocycles. The first-order valence-electron chi connectivity index (χ1n) is 5.35. The fourth-order valence-corrected chi connectivity index (χ4v) is 2.95. The van der Waals surface area contributed by atoms with Crippen LogP contribution in [-0.2, 0) is 9.05 Å². The van der Waals surface area contributed by atoms with Crippen molar-refractivity contribution in [1.29, 1.82) is 5.39 Å². The molecule has 0 saturated heterocycles. The Bertz CT molecular complexity index is 430. The molecule has 0 aliphatic heterocycles. The van der Waals surface area contributed by atoms with Crippen molar-refractivity contribution in [2.45, 2.75) is 13.8 Å². The maximum absolute atomic E-state index is 10.3. The Hall–Kier alpha value is -1.18. The molecule has 17 heavy (non-hydrogen) atoms. The van der Waals surface area contributed by atoms with Crippen LogP contribution in [0.25, 0.3) is 4.98 Å². The van der Waals surface area contributed by atoms with E-state index in [0.717, 1.165) is 5.57 Å². The quantitative estimate of drug-likeness (QED) is 0.619. The Kier molecular flexibility index (Phi) is 5.33. The molecule has 0 fully saturated rings. The highest BCUT2D eigenvalue weighted by Gasteiger charge is 2.20. The van der Waals surface area contributed by atoms with E-state index in [9.17, 15) is 4.89 Å². The van der Waals surface area contributed by atoms with Gasteiger partial charge in [0.25, 0.3) is 7.57 Å². The minimum atomic E-state index is -2.97. The normalized spacial score (nSPS) is 14.9. The predicted octanol–water partition coefficient (Wildman–Crippen LogP) is 2.85. The second-order valence-corrected chi connectivity index (χ2v) is 5.27. The zero-order valence-corrected chi connectivity index (χ0v) is 10.8. The molecule has 0 bridgehead atoms.